The Morgan fingerprint density at radius 3 is 2.48 bits per heavy atom. The van der Waals surface area contributed by atoms with Gasteiger partial charge in [0, 0.05) is 23.4 Å². The van der Waals surface area contributed by atoms with Gasteiger partial charge in [0.1, 0.15) is 0 Å². The summed E-state index contributed by atoms with van der Waals surface area (Å²) in [4.78, 5) is 14.3. The predicted molar refractivity (Wildman–Crippen MR) is 68.1 cm³/mol. The van der Waals surface area contributed by atoms with Crippen molar-refractivity contribution in [2.45, 2.75) is 19.0 Å². The number of nitriles is 1. The number of Topliss-reactive ketones (excluding diaryl/α,β-unsaturated/α-hetero) is 1. The molecular formula is C13H11F3N4O. The van der Waals surface area contributed by atoms with Crippen LogP contribution in [0.1, 0.15) is 28.8 Å². The Labute approximate surface area is 118 Å². The van der Waals surface area contributed by atoms with Crippen molar-refractivity contribution in [2.24, 2.45) is 11.0 Å². The molecule has 0 radical (unpaired) electrons. The lowest BCUT2D eigenvalue weighted by molar-refractivity contribution is -0.137. The number of hydrogen-bond donors (Lipinski definition) is 0. The van der Waals surface area contributed by atoms with E-state index in [2.05, 4.69) is 10.0 Å². The van der Waals surface area contributed by atoms with Gasteiger partial charge in [0.2, 0.25) is 0 Å². The van der Waals surface area contributed by atoms with E-state index >= 15 is 0 Å². The molecule has 8 heteroatoms. The zero-order valence-electron chi connectivity index (χ0n) is 10.8. The Kier molecular flexibility index (Phi) is 5.76. The van der Waals surface area contributed by atoms with Crippen LogP contribution in [0.4, 0.5) is 13.2 Å². The number of ketones is 1. The third-order valence-corrected chi connectivity index (χ3v) is 2.80. The highest BCUT2D eigenvalue weighted by Crippen LogP contribution is 2.29. The van der Waals surface area contributed by atoms with Gasteiger partial charge in [0.15, 0.2) is 5.78 Å². The fraction of sp³-hybridized carbons (Fsp3) is 0.385. The van der Waals surface area contributed by atoms with Gasteiger partial charge in [-0.1, -0.05) is 17.2 Å². The summed E-state index contributed by atoms with van der Waals surface area (Å²) in [6, 6.07) is 5.81. The first-order valence-electron chi connectivity index (χ1n) is 5.99. The van der Waals surface area contributed by atoms with E-state index in [1.165, 1.54) is 0 Å². The molecule has 0 N–H and O–H groups in total. The van der Waals surface area contributed by atoms with Gasteiger partial charge in [0.25, 0.3) is 0 Å². The smallest absolute Gasteiger partial charge is 0.294 e. The number of carbonyl (C=O) groups is 1. The van der Waals surface area contributed by atoms with Gasteiger partial charge in [0.05, 0.1) is 17.6 Å². The summed E-state index contributed by atoms with van der Waals surface area (Å²) in [5.74, 6) is -0.941. The lowest BCUT2D eigenvalue weighted by Crippen LogP contribution is -2.08. The second-order valence-electron chi connectivity index (χ2n) is 4.28. The molecule has 0 aliphatic heterocycles. The van der Waals surface area contributed by atoms with Gasteiger partial charge >= 0.3 is 6.18 Å². The van der Waals surface area contributed by atoms with Crippen LogP contribution in [0.3, 0.4) is 0 Å². The number of carbonyl (C=O) groups excluding carboxylic acids is 1. The first-order chi connectivity index (χ1) is 9.88. The van der Waals surface area contributed by atoms with Crippen molar-refractivity contribution in [3.8, 4) is 6.07 Å². The van der Waals surface area contributed by atoms with Crippen LogP contribution < -0.4 is 0 Å². The van der Waals surface area contributed by atoms with Crippen LogP contribution in [-0.4, -0.2) is 12.3 Å². The number of nitrogens with zero attached hydrogens (tertiary/aromatic N) is 4. The summed E-state index contributed by atoms with van der Waals surface area (Å²) >= 11 is 0. The molecule has 1 rings (SSSR count). The molecule has 0 saturated heterocycles. The molecule has 5 nitrogen and oxygen atoms in total. The Hall–Kier alpha value is -2.52. The molecule has 110 valence electrons. The number of rotatable bonds is 6. The van der Waals surface area contributed by atoms with E-state index in [1.807, 2.05) is 6.07 Å². The van der Waals surface area contributed by atoms with E-state index in [9.17, 15) is 18.0 Å². The molecule has 0 bridgehead atoms. The molecule has 0 aliphatic rings. The summed E-state index contributed by atoms with van der Waals surface area (Å²) in [5.41, 5.74) is 7.48. The standard InChI is InChI=1S/C13H11F3N4O/c14-13(15,16)11-4-2-10(3-5-11)12(21)6-1-9(7-17)8-19-20-18/h2-5,9H,1,6,8H2. The average molecular weight is 296 g/mol. The summed E-state index contributed by atoms with van der Waals surface area (Å²) in [7, 11) is 0. The Bertz CT molecular complexity index is 583. The highest BCUT2D eigenvalue weighted by Gasteiger charge is 2.30. The molecule has 0 spiro atoms. The van der Waals surface area contributed by atoms with Crippen LogP contribution >= 0.6 is 0 Å². The van der Waals surface area contributed by atoms with Crippen molar-refractivity contribution in [3.63, 3.8) is 0 Å². The number of hydrogen-bond acceptors (Lipinski definition) is 3. The van der Waals surface area contributed by atoms with Crippen molar-refractivity contribution in [1.82, 2.24) is 0 Å². The van der Waals surface area contributed by atoms with Crippen LogP contribution in [0.15, 0.2) is 29.4 Å². The SMILES string of the molecule is N#CC(CCC(=O)c1ccc(C(F)(F)F)cc1)CN=[N+]=[N-]. The molecule has 1 atom stereocenters. The van der Waals surface area contributed by atoms with Crippen molar-refractivity contribution < 1.29 is 18.0 Å². The fourth-order valence-corrected chi connectivity index (χ4v) is 1.63. The van der Waals surface area contributed by atoms with Gasteiger partial charge < -0.3 is 0 Å². The molecule has 1 aromatic rings. The summed E-state index contributed by atoms with van der Waals surface area (Å²) in [6.07, 6.45) is -4.25. The molecule has 1 aromatic carbocycles. The minimum Gasteiger partial charge on any atom is -0.294 e. The lowest BCUT2D eigenvalue weighted by atomic mass is 9.99. The largest absolute Gasteiger partial charge is 0.416 e. The molecule has 0 amide bonds. The van der Waals surface area contributed by atoms with E-state index in [4.69, 9.17) is 10.8 Å². The Balaban J connectivity index is 2.64. The minimum absolute atomic E-state index is 0.00450. The zero-order valence-corrected chi connectivity index (χ0v) is 10.8. The quantitative estimate of drug-likeness (QED) is 0.342. The van der Waals surface area contributed by atoms with Crippen LogP contribution in [0.2, 0.25) is 0 Å². The lowest BCUT2D eigenvalue weighted by Gasteiger charge is -2.08. The normalized spacial score (nSPS) is 12.1. The van der Waals surface area contributed by atoms with Crippen LogP contribution in [0, 0.1) is 17.2 Å². The minimum atomic E-state index is -4.44. The Morgan fingerprint density at radius 2 is 2.00 bits per heavy atom. The van der Waals surface area contributed by atoms with Gasteiger partial charge in [-0.15, -0.1) is 0 Å². The third kappa shape index (κ3) is 5.16. The van der Waals surface area contributed by atoms with Gasteiger partial charge in [-0.2, -0.15) is 18.4 Å². The maximum absolute atomic E-state index is 12.4. The fourth-order valence-electron chi connectivity index (χ4n) is 1.63. The number of benzene rings is 1. The monoisotopic (exact) mass is 296 g/mol. The maximum atomic E-state index is 12.4. The second-order valence-corrected chi connectivity index (χ2v) is 4.28. The molecule has 1 unspecified atom stereocenters. The van der Waals surface area contributed by atoms with E-state index in [-0.39, 0.29) is 30.7 Å². The van der Waals surface area contributed by atoms with Crippen molar-refractivity contribution in [3.05, 3.63) is 45.8 Å². The highest BCUT2D eigenvalue weighted by molar-refractivity contribution is 5.96. The molecule has 21 heavy (non-hydrogen) atoms. The average Bonchev–Trinajstić information content (AvgIpc) is 2.46. The van der Waals surface area contributed by atoms with Gasteiger partial charge in [-0.3, -0.25) is 4.79 Å². The molecule has 0 fully saturated rings. The first kappa shape index (κ1) is 16.5. The van der Waals surface area contributed by atoms with Crippen molar-refractivity contribution in [1.29, 1.82) is 5.26 Å². The van der Waals surface area contributed by atoms with Crippen LogP contribution in [-0.2, 0) is 6.18 Å². The highest BCUT2D eigenvalue weighted by atomic mass is 19.4. The predicted octanol–water partition coefficient (Wildman–Crippen LogP) is 4.12. The summed E-state index contributed by atoms with van der Waals surface area (Å²) in [6.45, 7) is -0.0344. The second kappa shape index (κ2) is 7.31. The van der Waals surface area contributed by atoms with E-state index < -0.39 is 17.7 Å². The van der Waals surface area contributed by atoms with Gasteiger partial charge in [-0.05, 0) is 24.1 Å². The molecule has 0 heterocycles. The van der Waals surface area contributed by atoms with Gasteiger partial charge in [-0.25, -0.2) is 0 Å². The number of azide groups is 1. The molecule has 0 aliphatic carbocycles. The Morgan fingerprint density at radius 1 is 1.38 bits per heavy atom. The van der Waals surface area contributed by atoms with E-state index in [0.29, 0.717) is 0 Å². The third-order valence-electron chi connectivity index (χ3n) is 2.80. The van der Waals surface area contributed by atoms with Crippen LogP contribution in [0.25, 0.3) is 10.4 Å². The zero-order chi connectivity index (χ0) is 15.9. The number of halogens is 3. The van der Waals surface area contributed by atoms with Crippen molar-refractivity contribution >= 4 is 5.78 Å². The van der Waals surface area contributed by atoms with E-state index in [1.54, 1.807) is 0 Å². The van der Waals surface area contributed by atoms with E-state index in [0.717, 1.165) is 24.3 Å². The molecular weight excluding hydrogens is 285 g/mol. The maximum Gasteiger partial charge on any atom is 0.416 e. The number of alkyl halides is 3. The van der Waals surface area contributed by atoms with Crippen LogP contribution in [0.5, 0.6) is 0 Å². The summed E-state index contributed by atoms with van der Waals surface area (Å²) in [5, 5.41) is 12.0. The molecule has 0 aromatic heterocycles. The first-order valence-corrected chi connectivity index (χ1v) is 5.99. The molecule has 0 saturated carbocycles. The van der Waals surface area contributed by atoms with Crippen molar-refractivity contribution in [2.75, 3.05) is 6.54 Å². The topological polar surface area (TPSA) is 89.6 Å². The summed E-state index contributed by atoms with van der Waals surface area (Å²) < 4.78 is 37.1.